The van der Waals surface area contributed by atoms with Crippen molar-refractivity contribution in [2.45, 2.75) is 32.2 Å². The van der Waals surface area contributed by atoms with E-state index in [1.54, 1.807) is 24.9 Å². The fourth-order valence-electron chi connectivity index (χ4n) is 3.16. The molecule has 1 aromatic heterocycles. The maximum Gasteiger partial charge on any atom is 0.318 e. The van der Waals surface area contributed by atoms with Gasteiger partial charge in [-0.15, -0.1) is 0 Å². The number of benzene rings is 1. The van der Waals surface area contributed by atoms with Gasteiger partial charge in [0.15, 0.2) is 5.82 Å². The summed E-state index contributed by atoms with van der Waals surface area (Å²) in [5.74, 6) is 0.947. The molecule has 8 nitrogen and oxygen atoms in total. The van der Waals surface area contributed by atoms with Gasteiger partial charge in [0.2, 0.25) is 5.89 Å². The number of hydrogen-bond donors (Lipinski definition) is 2. The van der Waals surface area contributed by atoms with Gasteiger partial charge in [0.05, 0.1) is 6.04 Å². The Hall–Kier alpha value is -2.90. The molecule has 1 unspecified atom stereocenters. The van der Waals surface area contributed by atoms with E-state index in [0.717, 1.165) is 18.4 Å². The molecular weight excluding hydrogens is 334 g/mol. The molecule has 0 aliphatic carbocycles. The Labute approximate surface area is 151 Å². The lowest BCUT2D eigenvalue weighted by Crippen LogP contribution is -2.40. The van der Waals surface area contributed by atoms with Gasteiger partial charge in [-0.3, -0.25) is 4.79 Å². The number of nitrogens with zero attached hydrogens (tertiary/aromatic N) is 3. The molecule has 1 atom stereocenters. The molecule has 2 N–H and O–H groups in total. The summed E-state index contributed by atoms with van der Waals surface area (Å²) >= 11 is 0. The molecular formula is C18H23N5O3. The molecule has 3 amide bonds. The van der Waals surface area contributed by atoms with E-state index in [1.807, 2.05) is 18.2 Å². The fraction of sp³-hybridized carbons (Fsp3) is 0.444. The Morgan fingerprint density at radius 3 is 2.96 bits per heavy atom. The zero-order valence-corrected chi connectivity index (χ0v) is 15.0. The van der Waals surface area contributed by atoms with Crippen LogP contribution in [-0.2, 0) is 6.42 Å². The zero-order chi connectivity index (χ0) is 18.5. The first kappa shape index (κ1) is 17.9. The second-order valence-electron chi connectivity index (χ2n) is 6.28. The molecule has 26 heavy (non-hydrogen) atoms. The molecule has 138 valence electrons. The summed E-state index contributed by atoms with van der Waals surface area (Å²) in [5.41, 5.74) is 1.61. The van der Waals surface area contributed by atoms with Gasteiger partial charge in [-0.1, -0.05) is 17.3 Å². The summed E-state index contributed by atoms with van der Waals surface area (Å²) in [6.45, 7) is 2.91. The van der Waals surface area contributed by atoms with Crippen molar-refractivity contribution in [1.29, 1.82) is 0 Å². The first-order valence-electron chi connectivity index (χ1n) is 8.74. The Kier molecular flexibility index (Phi) is 5.50. The average Bonchev–Trinajstić information content (AvgIpc) is 3.30. The van der Waals surface area contributed by atoms with Gasteiger partial charge in [0.1, 0.15) is 0 Å². The molecule has 3 rings (SSSR count). The lowest BCUT2D eigenvalue weighted by molar-refractivity contribution is 0.0963. The zero-order valence-electron chi connectivity index (χ0n) is 15.0. The number of hydrogen-bond acceptors (Lipinski definition) is 5. The number of rotatable bonds is 5. The number of carbonyl (C=O) groups is 2. The van der Waals surface area contributed by atoms with Crippen LogP contribution in [0.25, 0.3) is 0 Å². The summed E-state index contributed by atoms with van der Waals surface area (Å²) in [5, 5.41) is 9.50. The molecule has 1 saturated heterocycles. The average molecular weight is 357 g/mol. The van der Waals surface area contributed by atoms with Gasteiger partial charge in [-0.05, 0) is 37.0 Å². The first-order chi connectivity index (χ1) is 12.6. The smallest absolute Gasteiger partial charge is 0.318 e. The van der Waals surface area contributed by atoms with Gasteiger partial charge < -0.3 is 20.1 Å². The molecule has 0 radical (unpaired) electrons. The molecule has 1 aliphatic heterocycles. The molecule has 0 spiro atoms. The van der Waals surface area contributed by atoms with E-state index < -0.39 is 0 Å². The van der Waals surface area contributed by atoms with Crippen molar-refractivity contribution in [2.75, 3.05) is 20.1 Å². The van der Waals surface area contributed by atoms with Crippen LogP contribution in [0.5, 0.6) is 0 Å². The Balaban J connectivity index is 1.55. The highest BCUT2D eigenvalue weighted by Crippen LogP contribution is 2.29. The summed E-state index contributed by atoms with van der Waals surface area (Å²) in [6, 6.07) is 7.13. The number of aromatic nitrogens is 2. The van der Waals surface area contributed by atoms with Crippen molar-refractivity contribution in [3.8, 4) is 0 Å². The first-order valence-corrected chi connectivity index (χ1v) is 8.74. The van der Waals surface area contributed by atoms with Crippen molar-refractivity contribution in [3.63, 3.8) is 0 Å². The summed E-state index contributed by atoms with van der Waals surface area (Å²) in [4.78, 5) is 30.2. The van der Waals surface area contributed by atoms with Crippen LogP contribution < -0.4 is 10.6 Å². The van der Waals surface area contributed by atoms with Crippen LogP contribution in [0.15, 0.2) is 28.8 Å². The molecule has 0 saturated carbocycles. The molecule has 1 aromatic carbocycles. The molecule has 0 bridgehead atoms. The van der Waals surface area contributed by atoms with Gasteiger partial charge in [0.25, 0.3) is 5.91 Å². The van der Waals surface area contributed by atoms with Crippen LogP contribution in [0.3, 0.4) is 0 Å². The third-order valence-corrected chi connectivity index (χ3v) is 4.46. The van der Waals surface area contributed by atoms with Crippen molar-refractivity contribution in [1.82, 2.24) is 25.7 Å². The molecule has 1 fully saturated rings. The van der Waals surface area contributed by atoms with Crippen molar-refractivity contribution >= 4 is 11.9 Å². The third kappa shape index (κ3) is 4.01. The molecule has 2 aromatic rings. The quantitative estimate of drug-likeness (QED) is 0.850. The van der Waals surface area contributed by atoms with Crippen molar-refractivity contribution in [3.05, 3.63) is 47.1 Å². The highest BCUT2D eigenvalue weighted by atomic mass is 16.5. The van der Waals surface area contributed by atoms with Crippen LogP contribution in [0.2, 0.25) is 0 Å². The Morgan fingerprint density at radius 2 is 2.23 bits per heavy atom. The van der Waals surface area contributed by atoms with Crippen LogP contribution >= 0.6 is 0 Å². The maximum atomic E-state index is 12.5. The van der Waals surface area contributed by atoms with Gasteiger partial charge >= 0.3 is 6.03 Å². The monoisotopic (exact) mass is 357 g/mol. The number of nitrogens with one attached hydrogen (secondary N) is 2. The van der Waals surface area contributed by atoms with Gasteiger partial charge in [-0.25, -0.2) is 4.79 Å². The van der Waals surface area contributed by atoms with Crippen LogP contribution in [-0.4, -0.2) is 47.1 Å². The summed E-state index contributed by atoms with van der Waals surface area (Å²) in [6.07, 6.45) is 2.40. The minimum absolute atomic E-state index is 0.119. The topological polar surface area (TPSA) is 100 Å². The van der Waals surface area contributed by atoms with E-state index in [2.05, 4.69) is 20.8 Å². The second-order valence-corrected chi connectivity index (χ2v) is 6.28. The highest BCUT2D eigenvalue weighted by Gasteiger charge is 2.33. The lowest BCUT2D eigenvalue weighted by Gasteiger charge is -2.22. The summed E-state index contributed by atoms with van der Waals surface area (Å²) in [7, 11) is 1.60. The maximum absolute atomic E-state index is 12.5. The number of likely N-dealkylation sites (tertiary alicyclic amines) is 1. The third-order valence-electron chi connectivity index (χ3n) is 4.46. The second kappa shape index (κ2) is 7.99. The van der Waals surface area contributed by atoms with Gasteiger partial charge in [-0.2, -0.15) is 4.98 Å². The summed E-state index contributed by atoms with van der Waals surface area (Å²) < 4.78 is 5.03. The van der Waals surface area contributed by atoms with Crippen molar-refractivity contribution in [2.24, 2.45) is 0 Å². The van der Waals surface area contributed by atoms with E-state index in [9.17, 15) is 9.59 Å². The number of aryl methyl sites for hydroxylation is 1. The van der Waals surface area contributed by atoms with E-state index in [-0.39, 0.29) is 18.0 Å². The van der Waals surface area contributed by atoms with Crippen LogP contribution in [0, 0.1) is 6.92 Å². The Bertz CT molecular complexity index is 789. The minimum Gasteiger partial charge on any atom is -0.355 e. The molecule has 2 heterocycles. The SMILES string of the molecule is CNC(=O)c1cccc(CCNC(=O)N2CCCC2c2noc(C)n2)c1. The molecule has 8 heteroatoms. The van der Waals surface area contributed by atoms with E-state index >= 15 is 0 Å². The lowest BCUT2D eigenvalue weighted by atomic mass is 10.1. The number of amides is 3. The molecule has 1 aliphatic rings. The largest absolute Gasteiger partial charge is 0.355 e. The Morgan fingerprint density at radius 1 is 1.38 bits per heavy atom. The highest BCUT2D eigenvalue weighted by molar-refractivity contribution is 5.94. The predicted molar refractivity (Wildman–Crippen MR) is 94.7 cm³/mol. The number of carbonyl (C=O) groups excluding carboxylic acids is 2. The van der Waals surface area contributed by atoms with Crippen molar-refractivity contribution < 1.29 is 14.1 Å². The minimum atomic E-state index is -0.135. The standard InChI is InChI=1S/C18H23N5O3/c1-12-21-16(22-26-12)15-7-4-10-23(15)18(25)20-9-8-13-5-3-6-14(11-13)17(24)19-2/h3,5-6,11,15H,4,7-10H2,1-2H3,(H,19,24)(H,20,25). The van der Waals surface area contributed by atoms with Gasteiger partial charge in [0, 0.05) is 32.6 Å². The van der Waals surface area contributed by atoms with E-state index in [4.69, 9.17) is 4.52 Å². The number of urea groups is 1. The van der Waals surface area contributed by atoms with Crippen LogP contribution in [0.4, 0.5) is 4.79 Å². The van der Waals surface area contributed by atoms with E-state index in [1.165, 1.54) is 0 Å². The predicted octanol–water partition coefficient (Wildman–Crippen LogP) is 1.83. The van der Waals surface area contributed by atoms with E-state index in [0.29, 0.717) is 36.8 Å². The fourth-order valence-corrected chi connectivity index (χ4v) is 3.16. The van der Waals surface area contributed by atoms with Crippen LogP contribution in [0.1, 0.15) is 46.5 Å². The normalized spacial score (nSPS) is 16.5.